The van der Waals surface area contributed by atoms with Gasteiger partial charge in [-0.25, -0.2) is 18.8 Å². The number of halogens is 2. The topological polar surface area (TPSA) is 75.2 Å². The average Bonchev–Trinajstić information content (AvgIpc) is 2.80. The summed E-state index contributed by atoms with van der Waals surface area (Å²) in [5.74, 6) is 0.263. The summed E-state index contributed by atoms with van der Waals surface area (Å²) in [6.45, 7) is 0.652. The van der Waals surface area contributed by atoms with Gasteiger partial charge in [-0.1, -0.05) is 18.2 Å². The van der Waals surface area contributed by atoms with Crippen LogP contribution in [-0.4, -0.2) is 47.7 Å². The Morgan fingerprint density at radius 3 is 2.55 bits per heavy atom. The lowest BCUT2D eigenvalue weighted by Gasteiger charge is -2.27. The van der Waals surface area contributed by atoms with E-state index in [4.69, 9.17) is 9.97 Å². The van der Waals surface area contributed by atoms with Crippen LogP contribution in [0.2, 0.25) is 0 Å². The van der Waals surface area contributed by atoms with Crippen LogP contribution in [-0.2, 0) is 6.42 Å². The zero-order chi connectivity index (χ0) is 23.4. The summed E-state index contributed by atoms with van der Waals surface area (Å²) in [6.07, 6.45) is 4.16. The molecule has 0 unspecified atom stereocenters. The second-order valence-electron chi connectivity index (χ2n) is 8.90. The van der Waals surface area contributed by atoms with Crippen LogP contribution in [0.25, 0.3) is 10.9 Å². The number of benzene rings is 2. The van der Waals surface area contributed by atoms with Gasteiger partial charge in [0.2, 0.25) is 5.95 Å². The third-order valence-corrected chi connectivity index (χ3v) is 6.14. The van der Waals surface area contributed by atoms with Gasteiger partial charge in [-0.3, -0.25) is 0 Å². The summed E-state index contributed by atoms with van der Waals surface area (Å²) in [7, 11) is 3.96. The van der Waals surface area contributed by atoms with E-state index in [2.05, 4.69) is 10.3 Å². The van der Waals surface area contributed by atoms with E-state index in [0.717, 1.165) is 54.5 Å². The minimum absolute atomic E-state index is 0.0713. The van der Waals surface area contributed by atoms with E-state index in [1.807, 2.05) is 43.3 Å². The number of hydrogen-bond donors (Lipinski definition) is 3. The Kier molecular flexibility index (Phi) is 7.01. The molecule has 1 fully saturated rings. The molecule has 0 bridgehead atoms. The predicted octanol–water partition coefficient (Wildman–Crippen LogP) is 3.22. The molecule has 3 N–H and O–H groups in total. The van der Waals surface area contributed by atoms with Crippen molar-refractivity contribution in [1.82, 2.24) is 9.97 Å². The standard InChI is InChI=1S/C25H29F2N5O/c1-32(2)24-19-5-3-4-6-22(19)30-25(31-24)29-18-10-7-16(8-11-18)15-28-23(33)14-17-9-12-20(26)21(27)13-17/h3-6,9,12-13,16,18H,7-8,10-11,14-15H2,1-2H3,(H,28,33)(H,29,30,31)/p+1. The largest absolute Gasteiger partial charge is 0.463 e. The van der Waals surface area contributed by atoms with E-state index in [-0.39, 0.29) is 12.3 Å². The Labute approximate surface area is 192 Å². The molecule has 8 heteroatoms. The third kappa shape index (κ3) is 5.74. The van der Waals surface area contributed by atoms with Crippen LogP contribution in [0.5, 0.6) is 0 Å². The maximum Gasteiger partial charge on any atom is 0.336 e. The number of para-hydroxylation sites is 1. The number of anilines is 2. The van der Waals surface area contributed by atoms with Gasteiger partial charge in [-0.15, -0.1) is 0 Å². The molecule has 1 saturated carbocycles. The molecule has 0 atom stereocenters. The molecule has 0 aliphatic heterocycles. The summed E-state index contributed by atoms with van der Waals surface area (Å²) < 4.78 is 26.4. The SMILES string of the molecule is CN(C)c1nc(NC2CCC(C[NH+]=C(O)Cc3ccc(F)c(F)c3)CC2)nc2ccccc12. The molecule has 0 saturated heterocycles. The van der Waals surface area contributed by atoms with Gasteiger partial charge in [-0.2, -0.15) is 4.98 Å². The first kappa shape index (κ1) is 22.9. The van der Waals surface area contributed by atoms with Crippen LogP contribution in [0.3, 0.4) is 0 Å². The molecular weight excluding hydrogens is 424 g/mol. The van der Waals surface area contributed by atoms with Crippen LogP contribution in [0.1, 0.15) is 31.2 Å². The number of fused-ring (bicyclic) bond motifs is 1. The number of hydrogen-bond acceptors (Lipinski definition) is 4. The van der Waals surface area contributed by atoms with Gasteiger partial charge in [0.05, 0.1) is 11.9 Å². The summed E-state index contributed by atoms with van der Waals surface area (Å²) in [4.78, 5) is 14.5. The molecule has 0 spiro atoms. The molecule has 0 radical (unpaired) electrons. The maximum absolute atomic E-state index is 13.3. The van der Waals surface area contributed by atoms with Gasteiger partial charge >= 0.3 is 5.90 Å². The Hall–Kier alpha value is -3.29. The van der Waals surface area contributed by atoms with Gasteiger partial charge in [0.25, 0.3) is 0 Å². The number of aromatic nitrogens is 2. The summed E-state index contributed by atoms with van der Waals surface area (Å²) in [5, 5.41) is 14.7. The molecule has 4 rings (SSSR count). The first-order valence-electron chi connectivity index (χ1n) is 11.3. The first-order valence-corrected chi connectivity index (χ1v) is 11.3. The zero-order valence-electron chi connectivity index (χ0n) is 19.0. The number of nitrogens with zero attached hydrogens (tertiary/aromatic N) is 3. The number of rotatable bonds is 7. The lowest BCUT2D eigenvalue weighted by molar-refractivity contribution is -0.477. The van der Waals surface area contributed by atoms with E-state index in [0.29, 0.717) is 30.0 Å². The monoisotopic (exact) mass is 454 g/mol. The number of aliphatic hydroxyl groups is 1. The Bertz CT molecular complexity index is 1140. The van der Waals surface area contributed by atoms with Gasteiger partial charge < -0.3 is 15.3 Å². The average molecular weight is 455 g/mol. The van der Waals surface area contributed by atoms with E-state index in [9.17, 15) is 13.9 Å². The minimum Gasteiger partial charge on any atom is -0.463 e. The smallest absolute Gasteiger partial charge is 0.336 e. The van der Waals surface area contributed by atoms with Crippen LogP contribution >= 0.6 is 0 Å². The van der Waals surface area contributed by atoms with Crippen LogP contribution in [0.15, 0.2) is 42.5 Å². The van der Waals surface area contributed by atoms with Gasteiger partial charge in [-0.05, 0) is 55.5 Å². The van der Waals surface area contributed by atoms with Crippen LogP contribution in [0, 0.1) is 17.6 Å². The van der Waals surface area contributed by atoms with Gasteiger partial charge in [0.1, 0.15) is 12.4 Å². The normalized spacial score (nSPS) is 19.0. The number of aliphatic hydroxyl groups excluding tert-OH is 1. The molecule has 3 aromatic rings. The van der Waals surface area contributed by atoms with Gasteiger partial charge in [0, 0.05) is 31.4 Å². The summed E-state index contributed by atoms with van der Waals surface area (Å²) in [5.41, 5.74) is 1.45. The highest BCUT2D eigenvalue weighted by atomic mass is 19.2. The van der Waals surface area contributed by atoms with Crippen molar-refractivity contribution in [3.63, 3.8) is 0 Å². The van der Waals surface area contributed by atoms with Crippen molar-refractivity contribution in [3.05, 3.63) is 59.7 Å². The highest BCUT2D eigenvalue weighted by molar-refractivity contribution is 5.90. The van der Waals surface area contributed by atoms with E-state index >= 15 is 0 Å². The quantitative estimate of drug-likeness (QED) is 0.378. The second-order valence-corrected chi connectivity index (χ2v) is 8.90. The molecule has 2 aromatic carbocycles. The highest BCUT2D eigenvalue weighted by Crippen LogP contribution is 2.27. The van der Waals surface area contributed by atoms with E-state index < -0.39 is 11.6 Å². The van der Waals surface area contributed by atoms with Crippen molar-refractivity contribution in [2.45, 2.75) is 38.1 Å². The Balaban J connectivity index is 1.31. The third-order valence-electron chi connectivity index (χ3n) is 6.14. The molecule has 174 valence electrons. The Morgan fingerprint density at radius 1 is 1.06 bits per heavy atom. The molecular formula is C25H30F2N5O+. The molecule has 1 aliphatic carbocycles. The fraction of sp³-hybridized carbons (Fsp3) is 0.400. The van der Waals surface area contributed by atoms with Crippen molar-refractivity contribution in [3.8, 4) is 0 Å². The Morgan fingerprint density at radius 2 is 1.82 bits per heavy atom. The maximum atomic E-state index is 13.3. The van der Waals surface area contributed by atoms with E-state index in [1.54, 1.807) is 0 Å². The lowest BCUT2D eigenvalue weighted by Crippen LogP contribution is -2.75. The van der Waals surface area contributed by atoms with Crippen molar-refractivity contribution in [1.29, 1.82) is 0 Å². The predicted molar refractivity (Wildman–Crippen MR) is 127 cm³/mol. The minimum atomic E-state index is -0.904. The van der Waals surface area contributed by atoms with Crippen molar-refractivity contribution in [2.75, 3.05) is 30.9 Å². The first-order chi connectivity index (χ1) is 15.9. The van der Waals surface area contributed by atoms with Crippen molar-refractivity contribution in [2.24, 2.45) is 5.92 Å². The van der Waals surface area contributed by atoms with Crippen molar-refractivity contribution >= 4 is 28.6 Å². The molecule has 0 amide bonds. The lowest BCUT2D eigenvalue weighted by atomic mass is 9.86. The summed E-state index contributed by atoms with van der Waals surface area (Å²) in [6, 6.07) is 12.0. The fourth-order valence-corrected chi connectivity index (χ4v) is 4.33. The molecule has 6 nitrogen and oxygen atoms in total. The number of nitrogens with one attached hydrogen (secondary N) is 2. The summed E-state index contributed by atoms with van der Waals surface area (Å²) >= 11 is 0. The molecule has 1 aromatic heterocycles. The van der Waals surface area contributed by atoms with Crippen molar-refractivity contribution < 1.29 is 18.9 Å². The highest BCUT2D eigenvalue weighted by Gasteiger charge is 2.24. The second kappa shape index (κ2) is 10.1. The molecule has 1 heterocycles. The van der Waals surface area contributed by atoms with Crippen LogP contribution in [0.4, 0.5) is 20.5 Å². The fourth-order valence-electron chi connectivity index (χ4n) is 4.33. The molecule has 1 aliphatic rings. The molecule has 33 heavy (non-hydrogen) atoms. The zero-order valence-corrected chi connectivity index (χ0v) is 19.0. The van der Waals surface area contributed by atoms with E-state index in [1.165, 1.54) is 6.07 Å². The van der Waals surface area contributed by atoms with Gasteiger partial charge in [0.15, 0.2) is 11.6 Å². The van der Waals surface area contributed by atoms with Crippen LogP contribution < -0.4 is 15.2 Å².